The van der Waals surface area contributed by atoms with Gasteiger partial charge in [-0.1, -0.05) is 23.7 Å². The van der Waals surface area contributed by atoms with Crippen LogP contribution in [0.1, 0.15) is 17.4 Å². The number of hydrogen-bond acceptors (Lipinski definition) is 4. The summed E-state index contributed by atoms with van der Waals surface area (Å²) in [6, 6.07) is 10.2. The van der Waals surface area contributed by atoms with Crippen LogP contribution in [0.25, 0.3) is 0 Å². The summed E-state index contributed by atoms with van der Waals surface area (Å²) >= 11 is 6.11. The lowest BCUT2D eigenvalue weighted by atomic mass is 10.1. The molecule has 2 heterocycles. The van der Waals surface area contributed by atoms with Crippen LogP contribution >= 0.6 is 11.6 Å². The minimum atomic E-state index is -0.446. The van der Waals surface area contributed by atoms with Gasteiger partial charge in [0.05, 0.1) is 23.0 Å². The molecule has 118 valence electrons. The van der Waals surface area contributed by atoms with Crippen LogP contribution in [0.4, 0.5) is 11.4 Å². The van der Waals surface area contributed by atoms with Gasteiger partial charge in [-0.25, -0.2) is 4.98 Å². The monoisotopic (exact) mass is 331 g/mol. The maximum absolute atomic E-state index is 12.8. The maximum Gasteiger partial charge on any atom is 0.279 e. The molecule has 0 aliphatic carbocycles. The van der Waals surface area contributed by atoms with E-state index >= 15 is 0 Å². The Labute approximate surface area is 138 Å². The normalized spacial score (nSPS) is 13.3. The highest BCUT2D eigenvalue weighted by Gasteiger charge is 2.29. The van der Waals surface area contributed by atoms with E-state index in [1.54, 1.807) is 36.4 Å². The molecule has 23 heavy (non-hydrogen) atoms. The second kappa shape index (κ2) is 6.26. The van der Waals surface area contributed by atoms with Gasteiger partial charge in [-0.05, 0) is 25.1 Å². The van der Waals surface area contributed by atoms with Crippen molar-refractivity contribution in [2.75, 3.05) is 23.4 Å². The first-order valence-corrected chi connectivity index (χ1v) is 7.48. The number of amides is 2. The molecule has 0 fully saturated rings. The van der Waals surface area contributed by atoms with Crippen LogP contribution in [0.2, 0.25) is 5.02 Å². The SMILES string of the molecule is CCOc1ccc(Cl)c(C(=O)N2CC(=O)Nc3ccccc32)n1. The van der Waals surface area contributed by atoms with Crippen LogP contribution in [-0.4, -0.2) is 29.9 Å². The number of aromatic nitrogens is 1. The minimum Gasteiger partial charge on any atom is -0.478 e. The standard InChI is InChI=1S/C16H14ClN3O3/c1-2-23-14-8-7-10(17)15(19-14)16(22)20-9-13(21)18-11-5-3-4-6-12(11)20/h3-8H,2,9H2,1H3,(H,18,21). The second-order valence-electron chi connectivity index (χ2n) is 4.87. The third-order valence-electron chi connectivity index (χ3n) is 3.33. The highest BCUT2D eigenvalue weighted by Crippen LogP contribution is 2.31. The number of anilines is 2. The van der Waals surface area contributed by atoms with Gasteiger partial charge in [-0.2, -0.15) is 0 Å². The van der Waals surface area contributed by atoms with Crippen LogP contribution < -0.4 is 15.0 Å². The lowest BCUT2D eigenvalue weighted by molar-refractivity contribution is -0.115. The maximum atomic E-state index is 12.8. The molecule has 2 amide bonds. The van der Waals surface area contributed by atoms with E-state index in [0.717, 1.165) is 0 Å². The zero-order chi connectivity index (χ0) is 16.4. The molecular formula is C16H14ClN3O3. The van der Waals surface area contributed by atoms with Crippen molar-refractivity contribution >= 4 is 34.8 Å². The van der Waals surface area contributed by atoms with Gasteiger partial charge in [0.25, 0.3) is 5.91 Å². The third kappa shape index (κ3) is 2.98. The number of pyridine rings is 1. The second-order valence-corrected chi connectivity index (χ2v) is 5.28. The fourth-order valence-electron chi connectivity index (χ4n) is 2.34. The van der Waals surface area contributed by atoms with Crippen molar-refractivity contribution in [2.24, 2.45) is 0 Å². The summed E-state index contributed by atoms with van der Waals surface area (Å²) in [6.45, 7) is 2.16. The summed E-state index contributed by atoms with van der Waals surface area (Å²) in [5, 5.41) is 2.94. The molecule has 3 rings (SSSR count). The van der Waals surface area contributed by atoms with Gasteiger partial charge in [0, 0.05) is 6.07 Å². The van der Waals surface area contributed by atoms with E-state index in [4.69, 9.17) is 16.3 Å². The molecule has 1 aliphatic heterocycles. The predicted octanol–water partition coefficient (Wildman–Crippen LogP) is 2.73. The van der Waals surface area contributed by atoms with Crippen molar-refractivity contribution in [2.45, 2.75) is 6.92 Å². The van der Waals surface area contributed by atoms with Crippen molar-refractivity contribution in [1.82, 2.24) is 4.98 Å². The molecular weight excluding hydrogens is 318 g/mol. The molecule has 1 N–H and O–H groups in total. The summed E-state index contributed by atoms with van der Waals surface area (Å²) < 4.78 is 5.31. The number of nitrogens with one attached hydrogen (secondary N) is 1. The van der Waals surface area contributed by atoms with Gasteiger partial charge in [0.1, 0.15) is 6.54 Å². The van der Waals surface area contributed by atoms with Gasteiger partial charge in [0.2, 0.25) is 11.8 Å². The molecule has 0 atom stereocenters. The summed E-state index contributed by atoms with van der Waals surface area (Å²) in [4.78, 5) is 30.2. The summed E-state index contributed by atoms with van der Waals surface area (Å²) in [6.07, 6.45) is 0. The molecule has 2 aromatic rings. The number of nitrogens with zero attached hydrogens (tertiary/aromatic N) is 2. The predicted molar refractivity (Wildman–Crippen MR) is 87.2 cm³/mol. The van der Waals surface area contributed by atoms with Crippen LogP contribution in [0, 0.1) is 0 Å². The number of carbonyl (C=O) groups excluding carboxylic acids is 2. The average Bonchev–Trinajstić information content (AvgIpc) is 2.55. The van der Waals surface area contributed by atoms with Gasteiger partial charge in [0.15, 0.2) is 5.69 Å². The zero-order valence-electron chi connectivity index (χ0n) is 12.4. The fraction of sp³-hybridized carbons (Fsp3) is 0.188. The largest absolute Gasteiger partial charge is 0.478 e. The van der Waals surface area contributed by atoms with Crippen molar-refractivity contribution in [3.05, 3.63) is 47.1 Å². The van der Waals surface area contributed by atoms with Crippen molar-refractivity contribution in [3.63, 3.8) is 0 Å². The van der Waals surface area contributed by atoms with E-state index in [0.29, 0.717) is 23.9 Å². The Bertz CT molecular complexity index is 779. The Hall–Kier alpha value is -2.60. The number of halogens is 1. The van der Waals surface area contributed by atoms with Crippen molar-refractivity contribution < 1.29 is 14.3 Å². The van der Waals surface area contributed by atoms with Gasteiger partial charge < -0.3 is 10.1 Å². The molecule has 0 bridgehead atoms. The Balaban J connectivity index is 2.01. The van der Waals surface area contributed by atoms with Crippen LogP contribution in [0.3, 0.4) is 0 Å². The molecule has 6 nitrogen and oxygen atoms in total. The molecule has 0 spiro atoms. The first kappa shape index (κ1) is 15.3. The number of fused-ring (bicyclic) bond motifs is 1. The number of rotatable bonds is 3. The first-order valence-electron chi connectivity index (χ1n) is 7.10. The number of hydrogen-bond donors (Lipinski definition) is 1. The van der Waals surface area contributed by atoms with E-state index in [1.165, 1.54) is 4.90 Å². The summed E-state index contributed by atoms with van der Waals surface area (Å²) in [7, 11) is 0. The Morgan fingerprint density at radius 1 is 1.35 bits per heavy atom. The molecule has 0 saturated heterocycles. The van der Waals surface area contributed by atoms with E-state index in [-0.39, 0.29) is 23.2 Å². The highest BCUT2D eigenvalue weighted by molar-refractivity contribution is 6.34. The first-order chi connectivity index (χ1) is 11.1. The molecule has 1 aromatic heterocycles. The fourth-order valence-corrected chi connectivity index (χ4v) is 2.53. The van der Waals surface area contributed by atoms with E-state index in [2.05, 4.69) is 10.3 Å². The Morgan fingerprint density at radius 2 is 2.13 bits per heavy atom. The third-order valence-corrected chi connectivity index (χ3v) is 3.64. The van der Waals surface area contributed by atoms with Crippen molar-refractivity contribution in [3.8, 4) is 5.88 Å². The van der Waals surface area contributed by atoms with Crippen LogP contribution in [-0.2, 0) is 4.79 Å². The number of ether oxygens (including phenoxy) is 1. The molecule has 0 unspecified atom stereocenters. The topological polar surface area (TPSA) is 71.5 Å². The Morgan fingerprint density at radius 3 is 2.91 bits per heavy atom. The lowest BCUT2D eigenvalue weighted by Crippen LogP contribution is -2.42. The molecule has 1 aliphatic rings. The molecule has 0 radical (unpaired) electrons. The Kier molecular flexibility index (Phi) is 4.16. The smallest absolute Gasteiger partial charge is 0.279 e. The summed E-state index contributed by atoms with van der Waals surface area (Å²) in [5.41, 5.74) is 1.24. The quantitative estimate of drug-likeness (QED) is 0.938. The van der Waals surface area contributed by atoms with Gasteiger partial charge in [-0.15, -0.1) is 0 Å². The van der Waals surface area contributed by atoms with E-state index < -0.39 is 5.91 Å². The number of para-hydroxylation sites is 2. The number of benzene rings is 1. The van der Waals surface area contributed by atoms with E-state index in [1.807, 2.05) is 6.92 Å². The van der Waals surface area contributed by atoms with Gasteiger partial charge in [-0.3, -0.25) is 14.5 Å². The average molecular weight is 332 g/mol. The van der Waals surface area contributed by atoms with Crippen LogP contribution in [0.15, 0.2) is 36.4 Å². The lowest BCUT2D eigenvalue weighted by Gasteiger charge is -2.29. The zero-order valence-corrected chi connectivity index (χ0v) is 13.1. The van der Waals surface area contributed by atoms with Crippen LogP contribution in [0.5, 0.6) is 5.88 Å². The highest BCUT2D eigenvalue weighted by atomic mass is 35.5. The minimum absolute atomic E-state index is 0.0575. The number of carbonyl (C=O) groups is 2. The van der Waals surface area contributed by atoms with E-state index in [9.17, 15) is 9.59 Å². The van der Waals surface area contributed by atoms with Crippen molar-refractivity contribution in [1.29, 1.82) is 0 Å². The molecule has 7 heteroatoms. The van der Waals surface area contributed by atoms with Gasteiger partial charge >= 0.3 is 0 Å². The molecule has 1 aromatic carbocycles. The molecule has 0 saturated carbocycles. The summed E-state index contributed by atoms with van der Waals surface area (Å²) in [5.74, 6) is -0.400.